The number of sulfonamides is 1. The molecule has 0 fully saturated rings. The fraction of sp³-hybridized carbons (Fsp3) is 0.455. The van der Waals surface area contributed by atoms with Crippen molar-refractivity contribution in [3.05, 3.63) is 39.9 Å². The number of non-ortho nitro benzene ring substituents is 1. The molecule has 8 heteroatoms. The number of benzene rings is 1. The summed E-state index contributed by atoms with van der Waals surface area (Å²) >= 11 is 5.56. The zero-order valence-electron chi connectivity index (χ0n) is 10.4. The Kier molecular flexibility index (Phi) is 5.71. The first-order valence-corrected chi connectivity index (χ1v) is 7.79. The van der Waals surface area contributed by atoms with Crippen molar-refractivity contribution < 1.29 is 13.3 Å². The van der Waals surface area contributed by atoms with Gasteiger partial charge in [0.1, 0.15) is 0 Å². The number of nitrogens with one attached hydrogen (secondary N) is 1. The molecule has 0 radical (unpaired) electrons. The Balaban J connectivity index is 2.66. The second-order valence-corrected chi connectivity index (χ2v) is 6.45. The molecule has 0 aromatic heterocycles. The summed E-state index contributed by atoms with van der Waals surface area (Å²) in [6, 6.07) is 5.84. The maximum absolute atomic E-state index is 11.7. The van der Waals surface area contributed by atoms with Gasteiger partial charge in [-0.2, -0.15) is 0 Å². The van der Waals surface area contributed by atoms with Gasteiger partial charge in [0, 0.05) is 24.6 Å². The van der Waals surface area contributed by atoms with Crippen molar-refractivity contribution in [1.82, 2.24) is 4.72 Å². The van der Waals surface area contributed by atoms with E-state index in [2.05, 4.69) is 4.72 Å². The average Bonchev–Trinajstić information content (AvgIpc) is 2.36. The summed E-state index contributed by atoms with van der Waals surface area (Å²) in [5.41, 5.74) is 0.474. The van der Waals surface area contributed by atoms with Crippen LogP contribution < -0.4 is 4.72 Å². The highest BCUT2D eigenvalue weighted by molar-refractivity contribution is 7.89. The maximum atomic E-state index is 11.7. The zero-order chi connectivity index (χ0) is 14.5. The number of nitro benzene ring substituents is 1. The van der Waals surface area contributed by atoms with Crippen LogP contribution in [0.3, 0.4) is 0 Å². The number of hydrogen-bond acceptors (Lipinski definition) is 4. The van der Waals surface area contributed by atoms with E-state index in [9.17, 15) is 18.5 Å². The second kappa shape index (κ2) is 6.83. The highest BCUT2D eigenvalue weighted by Gasteiger charge is 2.15. The summed E-state index contributed by atoms with van der Waals surface area (Å²) in [6.45, 7) is 1.76. The Bertz CT molecular complexity index is 547. The van der Waals surface area contributed by atoms with E-state index < -0.39 is 14.9 Å². The second-order valence-electron chi connectivity index (χ2n) is 4.29. The Morgan fingerprint density at radius 1 is 1.47 bits per heavy atom. The van der Waals surface area contributed by atoms with Crippen molar-refractivity contribution in [3.63, 3.8) is 0 Å². The van der Waals surface area contributed by atoms with Crippen LogP contribution in [0.1, 0.15) is 12.5 Å². The largest absolute Gasteiger partial charge is 0.269 e. The Hall–Kier alpha value is -1.18. The van der Waals surface area contributed by atoms with Crippen LogP contribution in [0.2, 0.25) is 0 Å². The van der Waals surface area contributed by atoms with E-state index in [-0.39, 0.29) is 29.8 Å². The van der Waals surface area contributed by atoms with E-state index in [1.54, 1.807) is 13.0 Å². The van der Waals surface area contributed by atoms with Crippen LogP contribution in [0.15, 0.2) is 24.3 Å². The lowest BCUT2D eigenvalue weighted by molar-refractivity contribution is -0.384. The van der Waals surface area contributed by atoms with E-state index in [4.69, 9.17) is 11.6 Å². The van der Waals surface area contributed by atoms with Crippen LogP contribution in [0.5, 0.6) is 0 Å². The first-order valence-electron chi connectivity index (χ1n) is 5.60. The number of nitrogens with zero attached hydrogens (tertiary/aromatic N) is 1. The van der Waals surface area contributed by atoms with Crippen molar-refractivity contribution in [2.24, 2.45) is 5.92 Å². The molecule has 0 saturated carbocycles. The molecule has 0 aliphatic heterocycles. The van der Waals surface area contributed by atoms with Crippen molar-refractivity contribution >= 4 is 27.3 Å². The maximum Gasteiger partial charge on any atom is 0.269 e. The molecule has 106 valence electrons. The lowest BCUT2D eigenvalue weighted by Crippen LogP contribution is -2.29. The first kappa shape index (κ1) is 15.9. The Labute approximate surface area is 117 Å². The molecule has 0 bridgehead atoms. The van der Waals surface area contributed by atoms with Crippen molar-refractivity contribution in [2.75, 3.05) is 11.6 Å². The third-order valence-corrected chi connectivity index (χ3v) is 4.50. The molecule has 1 unspecified atom stereocenters. The van der Waals surface area contributed by atoms with Crippen LogP contribution in [-0.2, 0) is 16.6 Å². The molecular weight excluding hydrogens is 292 g/mol. The monoisotopic (exact) mass is 306 g/mol. The van der Waals surface area contributed by atoms with E-state index in [1.807, 2.05) is 0 Å². The van der Waals surface area contributed by atoms with Gasteiger partial charge in [-0.15, -0.1) is 11.6 Å². The lowest BCUT2D eigenvalue weighted by Gasteiger charge is -2.10. The van der Waals surface area contributed by atoms with Gasteiger partial charge in [-0.1, -0.05) is 19.1 Å². The number of alkyl halides is 1. The molecule has 1 rings (SSSR count). The smallest absolute Gasteiger partial charge is 0.258 e. The van der Waals surface area contributed by atoms with Gasteiger partial charge in [0.2, 0.25) is 10.0 Å². The normalized spacial score (nSPS) is 13.2. The fourth-order valence-corrected chi connectivity index (χ4v) is 3.06. The van der Waals surface area contributed by atoms with Gasteiger partial charge in [0.05, 0.1) is 10.7 Å². The van der Waals surface area contributed by atoms with Gasteiger partial charge >= 0.3 is 0 Å². The van der Waals surface area contributed by atoms with Crippen LogP contribution in [-0.4, -0.2) is 25.0 Å². The molecule has 19 heavy (non-hydrogen) atoms. The predicted octanol–water partition coefficient (Wildman–Crippen LogP) is 1.89. The molecule has 1 atom stereocenters. The minimum absolute atomic E-state index is 0.0268. The summed E-state index contributed by atoms with van der Waals surface area (Å²) in [7, 11) is -3.43. The highest BCUT2D eigenvalue weighted by atomic mass is 35.5. The fourth-order valence-electron chi connectivity index (χ4n) is 1.45. The number of rotatable bonds is 7. The summed E-state index contributed by atoms with van der Waals surface area (Å²) < 4.78 is 25.8. The van der Waals surface area contributed by atoms with Crippen LogP contribution in [0, 0.1) is 16.0 Å². The molecule has 1 N–H and O–H groups in total. The van der Waals surface area contributed by atoms with Crippen LogP contribution in [0.4, 0.5) is 5.69 Å². The molecule has 0 aliphatic rings. The van der Waals surface area contributed by atoms with E-state index >= 15 is 0 Å². The minimum atomic E-state index is -3.43. The third kappa shape index (κ3) is 5.54. The van der Waals surface area contributed by atoms with Crippen molar-refractivity contribution in [3.8, 4) is 0 Å². The number of nitro groups is 1. The molecule has 0 heterocycles. The first-order chi connectivity index (χ1) is 8.84. The van der Waals surface area contributed by atoms with Gasteiger partial charge in [-0.3, -0.25) is 10.1 Å². The molecule has 0 amide bonds. The van der Waals surface area contributed by atoms with E-state index in [0.717, 1.165) is 0 Å². The van der Waals surface area contributed by atoms with Gasteiger partial charge in [0.15, 0.2) is 0 Å². The van der Waals surface area contributed by atoms with Gasteiger partial charge in [-0.25, -0.2) is 13.1 Å². The van der Waals surface area contributed by atoms with Crippen molar-refractivity contribution in [2.45, 2.75) is 13.5 Å². The summed E-state index contributed by atoms with van der Waals surface area (Å²) in [6.07, 6.45) is 0. The lowest BCUT2D eigenvalue weighted by atomic mass is 10.2. The number of hydrogen-bond donors (Lipinski definition) is 1. The average molecular weight is 307 g/mol. The molecule has 1 aromatic rings. The van der Waals surface area contributed by atoms with E-state index in [1.165, 1.54) is 18.2 Å². The SMILES string of the molecule is CC(CCl)CS(=O)(=O)NCc1cccc([N+](=O)[O-])c1. The van der Waals surface area contributed by atoms with E-state index in [0.29, 0.717) is 5.56 Å². The number of halogens is 1. The molecular formula is C11H15ClN2O4S. The molecule has 1 aromatic carbocycles. The molecule has 0 saturated heterocycles. The highest BCUT2D eigenvalue weighted by Crippen LogP contribution is 2.13. The van der Waals surface area contributed by atoms with Gasteiger partial charge < -0.3 is 0 Å². The molecule has 0 spiro atoms. The quantitative estimate of drug-likeness (QED) is 0.473. The summed E-state index contributed by atoms with van der Waals surface area (Å²) in [4.78, 5) is 10.1. The third-order valence-electron chi connectivity index (χ3n) is 2.38. The zero-order valence-corrected chi connectivity index (χ0v) is 11.9. The van der Waals surface area contributed by atoms with Crippen LogP contribution >= 0.6 is 11.6 Å². The predicted molar refractivity (Wildman–Crippen MR) is 73.6 cm³/mol. The Morgan fingerprint density at radius 3 is 2.74 bits per heavy atom. The van der Waals surface area contributed by atoms with Crippen LogP contribution in [0.25, 0.3) is 0 Å². The minimum Gasteiger partial charge on any atom is -0.258 e. The Morgan fingerprint density at radius 2 is 2.16 bits per heavy atom. The molecule has 6 nitrogen and oxygen atoms in total. The summed E-state index contributed by atoms with van der Waals surface area (Å²) in [5.74, 6) is 0.0487. The summed E-state index contributed by atoms with van der Waals surface area (Å²) in [5, 5.41) is 10.6. The van der Waals surface area contributed by atoms with Crippen molar-refractivity contribution in [1.29, 1.82) is 0 Å². The molecule has 0 aliphatic carbocycles. The van der Waals surface area contributed by atoms with Gasteiger partial charge in [0.25, 0.3) is 5.69 Å². The van der Waals surface area contributed by atoms with Gasteiger partial charge in [-0.05, 0) is 11.5 Å². The standard InChI is InChI=1S/C11H15ClN2O4S/c1-9(6-12)8-19(17,18)13-7-10-3-2-4-11(5-10)14(15)16/h2-5,9,13H,6-8H2,1H3. The topological polar surface area (TPSA) is 89.3 Å².